The Balaban J connectivity index is 1.89. The van der Waals surface area contributed by atoms with Crippen LogP contribution in [0, 0.1) is 0 Å². The van der Waals surface area contributed by atoms with Crippen molar-refractivity contribution < 1.29 is 19.4 Å². The van der Waals surface area contributed by atoms with Crippen LogP contribution >= 0.6 is 0 Å². The Morgan fingerprint density at radius 3 is 2.43 bits per heavy atom. The summed E-state index contributed by atoms with van der Waals surface area (Å²) >= 11 is 0. The molecule has 2 aromatic rings. The Labute approximate surface area is 132 Å². The molecular weight excluding hydrogens is 296 g/mol. The van der Waals surface area contributed by atoms with Gasteiger partial charge in [0.2, 0.25) is 0 Å². The number of carbonyl (C=O) groups is 2. The molecular formula is C17H14N2O4. The van der Waals surface area contributed by atoms with Gasteiger partial charge in [0.25, 0.3) is 11.8 Å². The van der Waals surface area contributed by atoms with Gasteiger partial charge in [-0.25, -0.2) is 0 Å². The molecule has 1 aliphatic heterocycles. The number of aliphatic hydroxyl groups excluding tert-OH is 1. The van der Waals surface area contributed by atoms with E-state index >= 15 is 0 Å². The van der Waals surface area contributed by atoms with Crippen LogP contribution in [0.2, 0.25) is 0 Å². The molecule has 6 heteroatoms. The number of hydrogen-bond donors (Lipinski definition) is 1. The second-order valence-corrected chi connectivity index (χ2v) is 4.97. The van der Waals surface area contributed by atoms with Crippen molar-refractivity contribution in [2.24, 2.45) is 0 Å². The average Bonchev–Trinajstić information content (AvgIpc) is 2.80. The van der Waals surface area contributed by atoms with Crippen LogP contribution < -0.4 is 4.74 Å². The zero-order chi connectivity index (χ0) is 16.4. The van der Waals surface area contributed by atoms with Crippen LogP contribution in [-0.2, 0) is 16.1 Å². The van der Waals surface area contributed by atoms with Crippen LogP contribution in [0.15, 0.2) is 54.4 Å². The second kappa shape index (κ2) is 5.92. The minimum Gasteiger partial charge on any atom is -0.502 e. The highest BCUT2D eigenvalue weighted by atomic mass is 16.5. The fourth-order valence-corrected chi connectivity index (χ4v) is 2.38. The SMILES string of the molecule is COc1ccc(C2=C(O)C(=O)N(Cc3ccccn3)C2=O)cc1. The van der Waals surface area contributed by atoms with Gasteiger partial charge in [0.15, 0.2) is 5.76 Å². The maximum atomic E-state index is 12.5. The zero-order valence-corrected chi connectivity index (χ0v) is 12.4. The van der Waals surface area contributed by atoms with Crippen molar-refractivity contribution in [3.8, 4) is 5.75 Å². The van der Waals surface area contributed by atoms with Crippen molar-refractivity contribution in [3.05, 3.63) is 65.7 Å². The summed E-state index contributed by atoms with van der Waals surface area (Å²) in [5, 5.41) is 10.1. The Kier molecular flexibility index (Phi) is 3.80. The highest BCUT2D eigenvalue weighted by Crippen LogP contribution is 2.29. The first-order valence-corrected chi connectivity index (χ1v) is 6.95. The first-order chi connectivity index (χ1) is 11.1. The van der Waals surface area contributed by atoms with E-state index in [-0.39, 0.29) is 12.1 Å². The first kappa shape index (κ1) is 14.8. The first-order valence-electron chi connectivity index (χ1n) is 6.95. The average molecular weight is 310 g/mol. The fourth-order valence-electron chi connectivity index (χ4n) is 2.38. The van der Waals surface area contributed by atoms with Crippen LogP contribution in [0.25, 0.3) is 5.57 Å². The molecule has 0 radical (unpaired) electrons. The van der Waals surface area contributed by atoms with Crippen molar-refractivity contribution in [2.75, 3.05) is 7.11 Å². The van der Waals surface area contributed by atoms with Gasteiger partial charge in [-0.15, -0.1) is 0 Å². The van der Waals surface area contributed by atoms with E-state index in [0.29, 0.717) is 17.0 Å². The van der Waals surface area contributed by atoms with Gasteiger partial charge in [0.05, 0.1) is 24.9 Å². The Hall–Kier alpha value is -3.15. The Bertz CT molecular complexity index is 782. The van der Waals surface area contributed by atoms with E-state index in [0.717, 1.165) is 4.90 Å². The van der Waals surface area contributed by atoms with Crippen LogP contribution in [0.3, 0.4) is 0 Å². The van der Waals surface area contributed by atoms with Crippen molar-refractivity contribution in [2.45, 2.75) is 6.54 Å². The quantitative estimate of drug-likeness (QED) is 0.873. The van der Waals surface area contributed by atoms with Gasteiger partial charge in [-0.1, -0.05) is 18.2 Å². The molecule has 3 rings (SSSR count). The summed E-state index contributed by atoms with van der Waals surface area (Å²) in [4.78, 5) is 29.8. The summed E-state index contributed by atoms with van der Waals surface area (Å²) in [5.74, 6) is -1.18. The topological polar surface area (TPSA) is 79.7 Å². The molecule has 0 bridgehead atoms. The summed E-state index contributed by atoms with van der Waals surface area (Å²) in [6, 6.07) is 11.8. The number of methoxy groups -OCH3 is 1. The van der Waals surface area contributed by atoms with E-state index in [1.807, 2.05) is 0 Å². The number of nitrogens with zero attached hydrogens (tertiary/aromatic N) is 2. The molecule has 0 spiro atoms. The summed E-state index contributed by atoms with van der Waals surface area (Å²) in [5.41, 5.74) is 1.02. The van der Waals surface area contributed by atoms with Crippen molar-refractivity contribution >= 4 is 17.4 Å². The molecule has 0 aliphatic carbocycles. The van der Waals surface area contributed by atoms with E-state index < -0.39 is 17.6 Å². The molecule has 2 amide bonds. The fraction of sp³-hybridized carbons (Fsp3) is 0.118. The summed E-state index contributed by atoms with van der Waals surface area (Å²) in [6.45, 7) is 0.0161. The van der Waals surface area contributed by atoms with E-state index in [9.17, 15) is 14.7 Å². The Morgan fingerprint density at radius 2 is 1.83 bits per heavy atom. The van der Waals surface area contributed by atoms with E-state index in [2.05, 4.69) is 4.98 Å². The van der Waals surface area contributed by atoms with Gasteiger partial charge in [-0.3, -0.25) is 19.5 Å². The lowest BCUT2D eigenvalue weighted by molar-refractivity contribution is -0.138. The van der Waals surface area contributed by atoms with Gasteiger partial charge in [0.1, 0.15) is 5.75 Å². The third-order valence-electron chi connectivity index (χ3n) is 3.57. The monoisotopic (exact) mass is 310 g/mol. The number of hydrogen-bond acceptors (Lipinski definition) is 5. The third kappa shape index (κ3) is 2.66. The highest BCUT2D eigenvalue weighted by molar-refractivity contribution is 6.34. The lowest BCUT2D eigenvalue weighted by Gasteiger charge is -2.13. The minimum atomic E-state index is -0.716. The zero-order valence-electron chi connectivity index (χ0n) is 12.4. The number of ether oxygens (including phenoxy) is 1. The standard InChI is InChI=1S/C17H14N2O4/c1-23-13-7-5-11(6-8-13)14-15(20)17(22)19(16(14)21)10-12-4-2-3-9-18-12/h2-9,20H,10H2,1H3. The smallest absolute Gasteiger partial charge is 0.296 e. The molecule has 116 valence electrons. The van der Waals surface area contributed by atoms with Gasteiger partial charge in [0, 0.05) is 6.20 Å². The molecule has 6 nitrogen and oxygen atoms in total. The van der Waals surface area contributed by atoms with E-state index in [1.165, 1.54) is 7.11 Å². The molecule has 0 saturated heterocycles. The summed E-state index contributed by atoms with van der Waals surface area (Å²) in [6.07, 6.45) is 1.58. The Morgan fingerprint density at radius 1 is 1.09 bits per heavy atom. The number of benzene rings is 1. The predicted octanol–water partition coefficient (Wildman–Crippen LogP) is 1.93. The molecule has 0 unspecified atom stereocenters. The third-order valence-corrected chi connectivity index (χ3v) is 3.57. The highest BCUT2D eigenvalue weighted by Gasteiger charge is 2.39. The number of aliphatic hydroxyl groups is 1. The molecule has 0 saturated carbocycles. The van der Waals surface area contributed by atoms with Gasteiger partial charge in [-0.05, 0) is 29.8 Å². The van der Waals surface area contributed by atoms with Crippen LogP contribution in [-0.4, -0.2) is 33.9 Å². The van der Waals surface area contributed by atoms with Gasteiger partial charge < -0.3 is 9.84 Å². The van der Waals surface area contributed by atoms with Crippen LogP contribution in [0.5, 0.6) is 5.75 Å². The number of imide groups is 1. The van der Waals surface area contributed by atoms with Gasteiger partial charge in [-0.2, -0.15) is 0 Å². The molecule has 1 aromatic heterocycles. The van der Waals surface area contributed by atoms with Crippen molar-refractivity contribution in [1.29, 1.82) is 0 Å². The molecule has 2 heterocycles. The van der Waals surface area contributed by atoms with Crippen LogP contribution in [0.4, 0.5) is 0 Å². The van der Waals surface area contributed by atoms with Crippen LogP contribution in [0.1, 0.15) is 11.3 Å². The molecule has 1 aromatic carbocycles. The number of amides is 2. The second-order valence-electron chi connectivity index (χ2n) is 4.97. The van der Waals surface area contributed by atoms with E-state index in [4.69, 9.17) is 4.74 Å². The predicted molar refractivity (Wildman–Crippen MR) is 82.3 cm³/mol. The molecule has 0 atom stereocenters. The number of carbonyl (C=O) groups excluding carboxylic acids is 2. The molecule has 1 aliphatic rings. The number of pyridine rings is 1. The molecule has 0 fully saturated rings. The minimum absolute atomic E-state index is 0.00594. The lowest BCUT2D eigenvalue weighted by Crippen LogP contribution is -2.31. The normalized spacial score (nSPS) is 14.6. The van der Waals surface area contributed by atoms with Crippen molar-refractivity contribution in [3.63, 3.8) is 0 Å². The summed E-state index contributed by atoms with van der Waals surface area (Å²) < 4.78 is 5.06. The number of rotatable bonds is 4. The lowest BCUT2D eigenvalue weighted by atomic mass is 10.1. The van der Waals surface area contributed by atoms with E-state index in [1.54, 1.807) is 48.7 Å². The largest absolute Gasteiger partial charge is 0.502 e. The molecule has 23 heavy (non-hydrogen) atoms. The maximum absolute atomic E-state index is 12.5. The van der Waals surface area contributed by atoms with Crippen molar-refractivity contribution in [1.82, 2.24) is 9.88 Å². The molecule has 1 N–H and O–H groups in total. The summed E-state index contributed by atoms with van der Waals surface area (Å²) in [7, 11) is 1.53. The maximum Gasteiger partial charge on any atom is 0.296 e. The van der Waals surface area contributed by atoms with Gasteiger partial charge >= 0.3 is 0 Å². The number of aromatic nitrogens is 1.